The molecule has 2 rings (SSSR count). The van der Waals surface area contributed by atoms with E-state index in [2.05, 4.69) is 26.6 Å². The summed E-state index contributed by atoms with van der Waals surface area (Å²) >= 11 is 3.37. The van der Waals surface area contributed by atoms with E-state index in [4.69, 9.17) is 4.74 Å². The van der Waals surface area contributed by atoms with Gasteiger partial charge in [0.25, 0.3) is 0 Å². The van der Waals surface area contributed by atoms with E-state index in [9.17, 15) is 9.90 Å². The van der Waals surface area contributed by atoms with Gasteiger partial charge in [0, 0.05) is 16.4 Å². The van der Waals surface area contributed by atoms with E-state index in [1.165, 1.54) is 0 Å². The number of hydrogen-bond donors (Lipinski definition) is 3. The minimum absolute atomic E-state index is 0.0998. The SMILES string of the molecule is CCOc1ccc(Br)cc1NC(=O)NCC1(CO)CC1. The third-order valence-electron chi connectivity index (χ3n) is 3.41. The van der Waals surface area contributed by atoms with Gasteiger partial charge in [-0.15, -0.1) is 0 Å². The molecule has 1 fully saturated rings. The molecule has 0 bridgehead atoms. The molecule has 0 spiro atoms. The number of amides is 2. The van der Waals surface area contributed by atoms with Crippen LogP contribution in [-0.2, 0) is 0 Å². The molecule has 1 aromatic rings. The van der Waals surface area contributed by atoms with E-state index >= 15 is 0 Å². The fourth-order valence-electron chi connectivity index (χ4n) is 1.88. The lowest BCUT2D eigenvalue weighted by atomic mass is 10.1. The van der Waals surface area contributed by atoms with Crippen LogP contribution in [0.1, 0.15) is 19.8 Å². The predicted octanol–water partition coefficient (Wildman–Crippen LogP) is 2.74. The Morgan fingerprint density at radius 1 is 1.50 bits per heavy atom. The summed E-state index contributed by atoms with van der Waals surface area (Å²) in [5.74, 6) is 0.633. The smallest absolute Gasteiger partial charge is 0.319 e. The molecule has 0 atom stereocenters. The Labute approximate surface area is 126 Å². The molecule has 2 amide bonds. The fourth-order valence-corrected chi connectivity index (χ4v) is 2.24. The molecule has 0 heterocycles. The summed E-state index contributed by atoms with van der Waals surface area (Å²) in [7, 11) is 0. The van der Waals surface area contributed by atoms with Gasteiger partial charge in [-0.25, -0.2) is 4.79 Å². The molecule has 110 valence electrons. The zero-order chi connectivity index (χ0) is 14.6. The highest BCUT2D eigenvalue weighted by atomic mass is 79.9. The topological polar surface area (TPSA) is 70.6 Å². The van der Waals surface area contributed by atoms with Crippen molar-refractivity contribution in [2.45, 2.75) is 19.8 Å². The molecule has 1 saturated carbocycles. The number of benzene rings is 1. The van der Waals surface area contributed by atoms with E-state index < -0.39 is 0 Å². The van der Waals surface area contributed by atoms with Crippen LogP contribution in [0.3, 0.4) is 0 Å². The van der Waals surface area contributed by atoms with Crippen LogP contribution in [0.5, 0.6) is 5.75 Å². The van der Waals surface area contributed by atoms with Crippen molar-refractivity contribution in [1.29, 1.82) is 0 Å². The number of carbonyl (C=O) groups excluding carboxylic acids is 1. The third-order valence-corrected chi connectivity index (χ3v) is 3.90. The van der Waals surface area contributed by atoms with Crippen LogP contribution < -0.4 is 15.4 Å². The lowest BCUT2D eigenvalue weighted by Gasteiger charge is -2.15. The summed E-state index contributed by atoms with van der Waals surface area (Å²) in [5.41, 5.74) is 0.518. The molecule has 1 aliphatic carbocycles. The number of aliphatic hydroxyl groups excluding tert-OH is 1. The molecule has 1 aromatic carbocycles. The summed E-state index contributed by atoms with van der Waals surface area (Å²) in [6.07, 6.45) is 1.93. The summed E-state index contributed by atoms with van der Waals surface area (Å²) in [6, 6.07) is 5.17. The van der Waals surface area contributed by atoms with E-state index in [0.29, 0.717) is 24.6 Å². The number of nitrogens with one attached hydrogen (secondary N) is 2. The summed E-state index contributed by atoms with van der Waals surface area (Å²) in [4.78, 5) is 11.9. The zero-order valence-electron chi connectivity index (χ0n) is 11.4. The first kappa shape index (κ1) is 15.1. The second-order valence-electron chi connectivity index (χ2n) is 5.04. The average molecular weight is 343 g/mol. The molecule has 0 unspecified atom stereocenters. The quantitative estimate of drug-likeness (QED) is 0.744. The van der Waals surface area contributed by atoms with Gasteiger partial charge < -0.3 is 20.5 Å². The van der Waals surface area contributed by atoms with Crippen molar-refractivity contribution in [2.75, 3.05) is 25.1 Å². The van der Waals surface area contributed by atoms with Crippen LogP contribution in [0.2, 0.25) is 0 Å². The first-order valence-electron chi connectivity index (χ1n) is 6.67. The number of rotatable bonds is 6. The number of halogens is 1. The van der Waals surface area contributed by atoms with Gasteiger partial charge in [0.05, 0.1) is 18.9 Å². The van der Waals surface area contributed by atoms with Gasteiger partial charge in [-0.2, -0.15) is 0 Å². The van der Waals surface area contributed by atoms with Crippen LogP contribution in [0.25, 0.3) is 0 Å². The van der Waals surface area contributed by atoms with Crippen LogP contribution in [-0.4, -0.2) is 30.9 Å². The van der Waals surface area contributed by atoms with Gasteiger partial charge in [-0.05, 0) is 38.0 Å². The largest absolute Gasteiger partial charge is 0.492 e. The normalized spacial score (nSPS) is 15.6. The Morgan fingerprint density at radius 3 is 2.85 bits per heavy atom. The lowest BCUT2D eigenvalue weighted by Crippen LogP contribution is -2.35. The van der Waals surface area contributed by atoms with Gasteiger partial charge in [0.15, 0.2) is 0 Å². The van der Waals surface area contributed by atoms with E-state index in [1.807, 2.05) is 13.0 Å². The second-order valence-corrected chi connectivity index (χ2v) is 5.95. The van der Waals surface area contributed by atoms with Gasteiger partial charge in [0.2, 0.25) is 0 Å². The second kappa shape index (κ2) is 6.45. The maximum Gasteiger partial charge on any atom is 0.319 e. The fraction of sp³-hybridized carbons (Fsp3) is 0.500. The van der Waals surface area contributed by atoms with Crippen molar-refractivity contribution < 1.29 is 14.6 Å². The summed E-state index contributed by atoms with van der Waals surface area (Å²) in [5, 5.41) is 14.8. The Balaban J connectivity index is 1.94. The van der Waals surface area contributed by atoms with E-state index in [1.54, 1.807) is 12.1 Å². The first-order chi connectivity index (χ1) is 9.58. The molecular weight excluding hydrogens is 324 g/mol. The summed E-state index contributed by atoms with van der Waals surface area (Å²) < 4.78 is 6.33. The minimum Gasteiger partial charge on any atom is -0.492 e. The first-order valence-corrected chi connectivity index (χ1v) is 7.46. The van der Waals surface area contributed by atoms with Crippen molar-refractivity contribution in [3.8, 4) is 5.75 Å². The van der Waals surface area contributed by atoms with Crippen LogP contribution in [0.4, 0.5) is 10.5 Å². The molecule has 0 aromatic heterocycles. The Hall–Kier alpha value is -1.27. The number of anilines is 1. The van der Waals surface area contributed by atoms with Crippen LogP contribution >= 0.6 is 15.9 Å². The minimum atomic E-state index is -0.288. The van der Waals surface area contributed by atoms with E-state index in [-0.39, 0.29) is 18.1 Å². The Morgan fingerprint density at radius 2 is 2.25 bits per heavy atom. The molecule has 20 heavy (non-hydrogen) atoms. The maximum atomic E-state index is 11.9. The Kier molecular flexibility index (Phi) is 4.88. The molecular formula is C14H19BrN2O3. The van der Waals surface area contributed by atoms with Crippen molar-refractivity contribution in [3.63, 3.8) is 0 Å². The van der Waals surface area contributed by atoms with Crippen molar-refractivity contribution in [3.05, 3.63) is 22.7 Å². The predicted molar refractivity (Wildman–Crippen MR) is 81.1 cm³/mol. The highest BCUT2D eigenvalue weighted by molar-refractivity contribution is 9.10. The number of urea groups is 1. The zero-order valence-corrected chi connectivity index (χ0v) is 13.0. The van der Waals surface area contributed by atoms with Gasteiger partial charge in [-0.3, -0.25) is 0 Å². The van der Waals surface area contributed by atoms with Gasteiger partial charge in [-0.1, -0.05) is 15.9 Å². The van der Waals surface area contributed by atoms with Crippen LogP contribution in [0.15, 0.2) is 22.7 Å². The molecule has 3 N–H and O–H groups in total. The molecule has 5 nitrogen and oxygen atoms in total. The monoisotopic (exact) mass is 342 g/mol. The summed E-state index contributed by atoms with van der Waals surface area (Å²) in [6.45, 7) is 3.04. The van der Waals surface area contributed by atoms with Crippen molar-refractivity contribution >= 4 is 27.6 Å². The molecule has 1 aliphatic rings. The molecule has 0 radical (unpaired) electrons. The number of aliphatic hydroxyl groups is 1. The number of hydrogen-bond acceptors (Lipinski definition) is 3. The maximum absolute atomic E-state index is 11.9. The highest BCUT2D eigenvalue weighted by Gasteiger charge is 2.42. The highest BCUT2D eigenvalue weighted by Crippen LogP contribution is 2.44. The van der Waals surface area contributed by atoms with Gasteiger partial charge >= 0.3 is 6.03 Å². The molecule has 6 heteroatoms. The number of carbonyl (C=O) groups is 1. The van der Waals surface area contributed by atoms with Crippen molar-refractivity contribution in [1.82, 2.24) is 5.32 Å². The Bertz CT molecular complexity index is 489. The van der Waals surface area contributed by atoms with Crippen molar-refractivity contribution in [2.24, 2.45) is 5.41 Å². The van der Waals surface area contributed by atoms with Crippen LogP contribution in [0, 0.1) is 5.41 Å². The molecule has 0 aliphatic heterocycles. The third kappa shape index (κ3) is 3.86. The van der Waals surface area contributed by atoms with E-state index in [0.717, 1.165) is 17.3 Å². The molecule has 0 saturated heterocycles. The standard InChI is InChI=1S/C14H19BrN2O3/c1-2-20-12-4-3-10(15)7-11(12)17-13(19)16-8-14(9-18)5-6-14/h3-4,7,18H,2,5-6,8-9H2,1H3,(H2,16,17,19). The van der Waals surface area contributed by atoms with Gasteiger partial charge in [0.1, 0.15) is 5.75 Å². The number of ether oxygens (including phenoxy) is 1. The lowest BCUT2D eigenvalue weighted by molar-refractivity contribution is 0.206. The average Bonchev–Trinajstić information content (AvgIpc) is 3.20.